The van der Waals surface area contributed by atoms with E-state index < -0.39 is 60.4 Å². The van der Waals surface area contributed by atoms with Crippen LogP contribution in [0.1, 0.15) is 19.3 Å². The molecule has 28 heavy (non-hydrogen) atoms. The van der Waals surface area contributed by atoms with Gasteiger partial charge in [0.25, 0.3) is 0 Å². The van der Waals surface area contributed by atoms with Crippen molar-refractivity contribution in [2.45, 2.75) is 37.0 Å². The van der Waals surface area contributed by atoms with E-state index in [0.717, 1.165) is 0 Å². The number of nitrogens with two attached hydrogens (primary N) is 2. The van der Waals surface area contributed by atoms with Gasteiger partial charge in [-0.1, -0.05) is 0 Å². The molecule has 0 aliphatic rings. The van der Waals surface area contributed by atoms with Crippen LogP contribution in [0.3, 0.4) is 0 Å². The number of carboxylic acid groups (broad SMARTS) is 4. The lowest BCUT2D eigenvalue weighted by Crippen LogP contribution is -2.42. The minimum Gasteiger partial charge on any atom is -0.481 e. The molecule has 1 atom stereocenters. The maximum Gasteiger partial charge on any atom is 0.336 e. The van der Waals surface area contributed by atoms with Gasteiger partial charge in [-0.2, -0.15) is 0 Å². The summed E-state index contributed by atoms with van der Waals surface area (Å²) in [6.45, 7) is -0.729. The average Bonchev–Trinajstić information content (AvgIpc) is 2.52. The number of aliphatic carboxylic acids is 4. The van der Waals surface area contributed by atoms with Gasteiger partial charge in [-0.3, -0.25) is 19.2 Å². The standard InChI is InChI=1S/C6H8O7.C4H8N2O3.C3H8O3/c7-3(8)1-6(13,5(11)12)2-4(9)10;5-2(4(8)9)1-3(6)7;4-1-3(6)2-5/h13H,1-2H2,(H,7,8)(H,9,10)(H,11,12);2H,1,5H2,(H2,6,7)(H,8,9);3-6H,1-2H2/t;2-;/m.0./s1. The van der Waals surface area contributed by atoms with Crippen LogP contribution in [0.15, 0.2) is 0 Å². The molecule has 0 unspecified atom stereocenters. The smallest absolute Gasteiger partial charge is 0.336 e. The van der Waals surface area contributed by atoms with Gasteiger partial charge in [0.05, 0.1) is 32.5 Å². The van der Waals surface area contributed by atoms with Crippen molar-refractivity contribution < 1.29 is 64.8 Å². The number of carbonyl (C=O) groups is 5. The Hall–Kier alpha value is -2.85. The molecule has 0 rings (SSSR count). The van der Waals surface area contributed by atoms with E-state index in [0.29, 0.717) is 0 Å². The van der Waals surface area contributed by atoms with Crippen molar-refractivity contribution in [3.05, 3.63) is 0 Å². The topological polar surface area (TPSA) is 299 Å². The highest BCUT2D eigenvalue weighted by atomic mass is 16.4. The molecule has 0 aromatic heterocycles. The molecular weight excluding hydrogens is 392 g/mol. The van der Waals surface area contributed by atoms with Crippen molar-refractivity contribution in [3.8, 4) is 0 Å². The van der Waals surface area contributed by atoms with Crippen molar-refractivity contribution in [1.82, 2.24) is 0 Å². The Labute approximate surface area is 157 Å². The molecule has 0 radical (unpaired) electrons. The fraction of sp³-hybridized carbons (Fsp3) is 0.615. The van der Waals surface area contributed by atoms with Gasteiger partial charge < -0.3 is 52.3 Å². The largest absolute Gasteiger partial charge is 0.481 e. The molecular formula is C13H24N2O13. The number of amides is 1. The normalized spacial score (nSPS) is 11.2. The van der Waals surface area contributed by atoms with Crippen LogP contribution in [-0.2, 0) is 24.0 Å². The first-order chi connectivity index (χ1) is 12.6. The summed E-state index contributed by atoms with van der Waals surface area (Å²) in [4.78, 5) is 50.4. The van der Waals surface area contributed by atoms with Gasteiger partial charge in [-0.05, 0) is 0 Å². The first kappa shape index (κ1) is 29.9. The summed E-state index contributed by atoms with van der Waals surface area (Å²) in [5.74, 6) is -6.94. The number of carboxylic acids is 4. The minimum atomic E-state index is -2.74. The molecule has 0 bridgehead atoms. The quantitative estimate of drug-likeness (QED) is 0.160. The van der Waals surface area contributed by atoms with E-state index in [1.807, 2.05) is 0 Å². The second kappa shape index (κ2) is 15.2. The molecule has 0 saturated heterocycles. The predicted octanol–water partition coefficient (Wildman–Crippen LogP) is -4.64. The Bertz CT molecular complexity index is 517. The molecule has 12 N–H and O–H groups in total. The molecule has 0 saturated carbocycles. The van der Waals surface area contributed by atoms with E-state index in [-0.39, 0.29) is 19.6 Å². The zero-order valence-electron chi connectivity index (χ0n) is 14.5. The average molecular weight is 416 g/mol. The Morgan fingerprint density at radius 3 is 1.32 bits per heavy atom. The van der Waals surface area contributed by atoms with Crippen LogP contribution in [0.5, 0.6) is 0 Å². The summed E-state index contributed by atoms with van der Waals surface area (Å²) in [5.41, 5.74) is 6.83. The van der Waals surface area contributed by atoms with E-state index in [4.69, 9.17) is 46.6 Å². The van der Waals surface area contributed by atoms with Crippen LogP contribution < -0.4 is 11.5 Å². The van der Waals surface area contributed by atoms with Crippen LogP contribution in [0, 0.1) is 0 Å². The third-order valence-corrected chi connectivity index (χ3v) is 2.45. The fourth-order valence-electron chi connectivity index (χ4n) is 1.08. The first-order valence-corrected chi connectivity index (χ1v) is 7.18. The number of hydrogen-bond donors (Lipinski definition) is 10. The number of rotatable bonds is 10. The van der Waals surface area contributed by atoms with Gasteiger partial charge in [0.15, 0.2) is 5.60 Å². The molecule has 164 valence electrons. The minimum absolute atomic E-state index is 0.310. The summed E-state index contributed by atoms with van der Waals surface area (Å²) < 4.78 is 0. The third kappa shape index (κ3) is 18.0. The van der Waals surface area contributed by atoms with Crippen molar-refractivity contribution in [1.29, 1.82) is 0 Å². The zero-order valence-corrected chi connectivity index (χ0v) is 14.5. The SMILES string of the molecule is NC(=O)C[C@H](N)C(=O)O.O=C(O)CC(O)(CC(=O)O)C(=O)O.OCC(O)CO. The summed E-state index contributed by atoms with van der Waals surface area (Å²) in [5, 5.41) is 65.9. The van der Waals surface area contributed by atoms with E-state index in [1.165, 1.54) is 0 Å². The predicted molar refractivity (Wildman–Crippen MR) is 86.7 cm³/mol. The van der Waals surface area contributed by atoms with Crippen molar-refractivity contribution >= 4 is 29.8 Å². The second-order valence-electron chi connectivity index (χ2n) is 5.11. The maximum absolute atomic E-state index is 10.3. The van der Waals surface area contributed by atoms with Crippen molar-refractivity contribution in [2.75, 3.05) is 13.2 Å². The third-order valence-electron chi connectivity index (χ3n) is 2.45. The summed E-state index contributed by atoms with van der Waals surface area (Å²) in [7, 11) is 0. The molecule has 0 heterocycles. The van der Waals surface area contributed by atoms with Crippen molar-refractivity contribution in [2.24, 2.45) is 11.5 Å². The lowest BCUT2D eigenvalue weighted by molar-refractivity contribution is -0.170. The lowest BCUT2D eigenvalue weighted by atomic mass is 9.96. The zero-order chi connectivity index (χ0) is 23.1. The summed E-state index contributed by atoms with van der Waals surface area (Å²) >= 11 is 0. The number of hydrogen-bond acceptors (Lipinski definition) is 10. The molecule has 0 aliphatic heterocycles. The van der Waals surface area contributed by atoms with Gasteiger partial charge in [-0.25, -0.2) is 4.79 Å². The van der Waals surface area contributed by atoms with Gasteiger partial charge in [0, 0.05) is 0 Å². The molecule has 0 aromatic carbocycles. The Morgan fingerprint density at radius 1 is 0.857 bits per heavy atom. The van der Waals surface area contributed by atoms with E-state index in [9.17, 15) is 24.0 Å². The Balaban J connectivity index is -0.000000362. The number of primary amides is 1. The van der Waals surface area contributed by atoms with Crippen LogP contribution in [0.2, 0.25) is 0 Å². The molecule has 15 nitrogen and oxygen atoms in total. The first-order valence-electron chi connectivity index (χ1n) is 7.18. The molecule has 0 fully saturated rings. The molecule has 1 amide bonds. The number of aliphatic hydroxyl groups is 4. The summed E-state index contributed by atoms with van der Waals surface area (Å²) in [6.07, 6.45) is -3.55. The van der Waals surface area contributed by atoms with E-state index >= 15 is 0 Å². The van der Waals surface area contributed by atoms with E-state index in [2.05, 4.69) is 5.73 Å². The van der Waals surface area contributed by atoms with Crippen LogP contribution in [0.25, 0.3) is 0 Å². The Morgan fingerprint density at radius 2 is 1.21 bits per heavy atom. The van der Waals surface area contributed by atoms with Crippen LogP contribution in [-0.4, -0.2) is 102 Å². The van der Waals surface area contributed by atoms with Gasteiger partial charge in [-0.15, -0.1) is 0 Å². The molecule has 0 spiro atoms. The highest BCUT2D eigenvalue weighted by Gasteiger charge is 2.40. The van der Waals surface area contributed by atoms with E-state index in [1.54, 1.807) is 0 Å². The van der Waals surface area contributed by atoms with Crippen LogP contribution >= 0.6 is 0 Å². The second-order valence-corrected chi connectivity index (χ2v) is 5.11. The lowest BCUT2D eigenvalue weighted by Gasteiger charge is -2.18. The monoisotopic (exact) mass is 416 g/mol. The summed E-state index contributed by atoms with van der Waals surface area (Å²) in [6, 6.07) is -1.16. The Kier molecular flexibility index (Phi) is 16.3. The molecule has 0 aromatic rings. The maximum atomic E-state index is 10.3. The van der Waals surface area contributed by atoms with Gasteiger partial charge >= 0.3 is 23.9 Å². The van der Waals surface area contributed by atoms with Crippen molar-refractivity contribution in [3.63, 3.8) is 0 Å². The highest BCUT2D eigenvalue weighted by Crippen LogP contribution is 2.15. The number of aliphatic hydroxyl groups excluding tert-OH is 3. The number of carbonyl (C=O) groups excluding carboxylic acids is 1. The molecule has 0 aliphatic carbocycles. The van der Waals surface area contributed by atoms with Gasteiger partial charge in [0.1, 0.15) is 12.1 Å². The van der Waals surface area contributed by atoms with Crippen LogP contribution in [0.4, 0.5) is 0 Å². The molecule has 15 heteroatoms. The van der Waals surface area contributed by atoms with Gasteiger partial charge in [0.2, 0.25) is 5.91 Å². The highest BCUT2D eigenvalue weighted by molar-refractivity contribution is 5.88. The fourth-order valence-corrected chi connectivity index (χ4v) is 1.08.